The Morgan fingerprint density at radius 3 is 2.50 bits per heavy atom. The zero-order chi connectivity index (χ0) is 16.9. The molecule has 1 aromatic heterocycles. The number of benzene rings is 2. The molecule has 0 unspecified atom stereocenters. The Bertz CT molecular complexity index is 893. The lowest BCUT2D eigenvalue weighted by Gasteiger charge is -2.13. The van der Waals surface area contributed by atoms with Crippen molar-refractivity contribution in [1.82, 2.24) is 4.57 Å². The van der Waals surface area contributed by atoms with E-state index < -0.39 is 0 Å². The molecule has 0 fully saturated rings. The molecule has 1 N–H and O–H groups in total. The van der Waals surface area contributed by atoms with E-state index in [-0.39, 0.29) is 11.4 Å². The largest absolute Gasteiger partial charge is 0.381 e. The van der Waals surface area contributed by atoms with Gasteiger partial charge in [0.15, 0.2) is 0 Å². The van der Waals surface area contributed by atoms with Crippen LogP contribution in [0.4, 0.5) is 10.1 Å². The Morgan fingerprint density at radius 1 is 1.00 bits per heavy atom. The molecule has 2 aromatic carbocycles. The lowest BCUT2D eigenvalue weighted by Crippen LogP contribution is -2.36. The molecule has 5 heteroatoms. The molecule has 0 radical (unpaired) electrons. The summed E-state index contributed by atoms with van der Waals surface area (Å²) < 4.78 is 14.9. The summed E-state index contributed by atoms with van der Waals surface area (Å²) in [5.74, 6) is -0.293. The van der Waals surface area contributed by atoms with Crippen LogP contribution in [-0.4, -0.2) is 12.4 Å². The number of hydrogen-bond acceptors (Lipinski definition) is 2. The Kier molecular flexibility index (Phi) is 4.80. The summed E-state index contributed by atoms with van der Waals surface area (Å²) in [6, 6.07) is 18.2. The lowest BCUT2D eigenvalue weighted by atomic mass is 9.95. The first-order valence-electron chi connectivity index (χ1n) is 7.86. The first-order valence-corrected chi connectivity index (χ1v) is 7.86. The molecule has 0 spiro atoms. The van der Waals surface area contributed by atoms with E-state index >= 15 is 0 Å². The first kappa shape index (κ1) is 16.1. The van der Waals surface area contributed by atoms with Gasteiger partial charge in [-0.15, -0.1) is 0 Å². The molecule has 120 valence electrons. The Balaban J connectivity index is 1.77. The summed E-state index contributed by atoms with van der Waals surface area (Å²) in [6.45, 7) is 1.02. The van der Waals surface area contributed by atoms with Crippen molar-refractivity contribution in [3.05, 3.63) is 94.2 Å². The average molecular weight is 320 g/mol. The second-order valence-electron chi connectivity index (χ2n) is 5.76. The van der Waals surface area contributed by atoms with Crippen molar-refractivity contribution < 1.29 is 4.39 Å². The maximum atomic E-state index is 13.3. The SMILES string of the molecule is Bc1c(NCc2ccccc2)ccn(Cc2cccc(F)c2)c1=O. The number of hydrogen-bond donors (Lipinski definition) is 1. The maximum Gasteiger partial charge on any atom is 0.246 e. The van der Waals surface area contributed by atoms with E-state index in [1.54, 1.807) is 24.7 Å². The Labute approximate surface area is 141 Å². The van der Waals surface area contributed by atoms with Gasteiger partial charge in [-0.3, -0.25) is 4.79 Å². The maximum absolute atomic E-state index is 13.3. The lowest BCUT2D eigenvalue weighted by molar-refractivity contribution is 0.623. The van der Waals surface area contributed by atoms with Gasteiger partial charge in [0.25, 0.3) is 0 Å². The number of halogens is 1. The third kappa shape index (κ3) is 3.74. The zero-order valence-corrected chi connectivity index (χ0v) is 13.5. The molecule has 0 saturated carbocycles. The molecule has 0 aliphatic rings. The monoisotopic (exact) mass is 320 g/mol. The van der Waals surface area contributed by atoms with Crippen LogP contribution in [0.2, 0.25) is 0 Å². The fourth-order valence-corrected chi connectivity index (χ4v) is 2.63. The number of nitrogens with one attached hydrogen (secondary N) is 1. The molecule has 3 aromatic rings. The third-order valence-electron chi connectivity index (χ3n) is 3.97. The highest BCUT2D eigenvalue weighted by Crippen LogP contribution is 2.07. The molecule has 3 nitrogen and oxygen atoms in total. The van der Waals surface area contributed by atoms with E-state index in [0.717, 1.165) is 16.8 Å². The van der Waals surface area contributed by atoms with Crippen LogP contribution in [0.5, 0.6) is 0 Å². The fourth-order valence-electron chi connectivity index (χ4n) is 2.63. The molecule has 0 bridgehead atoms. The summed E-state index contributed by atoms with van der Waals surface area (Å²) >= 11 is 0. The smallest absolute Gasteiger partial charge is 0.246 e. The van der Waals surface area contributed by atoms with E-state index in [2.05, 4.69) is 5.32 Å². The summed E-state index contributed by atoms with van der Waals surface area (Å²) in [6.07, 6.45) is 1.74. The number of rotatable bonds is 5. The predicted octanol–water partition coefficient (Wildman–Crippen LogP) is 1.91. The van der Waals surface area contributed by atoms with Crippen LogP contribution >= 0.6 is 0 Å². The normalized spacial score (nSPS) is 10.5. The van der Waals surface area contributed by atoms with E-state index in [9.17, 15) is 9.18 Å². The molecule has 0 amide bonds. The highest BCUT2D eigenvalue weighted by molar-refractivity contribution is 6.35. The minimum atomic E-state index is -0.293. The van der Waals surface area contributed by atoms with Gasteiger partial charge in [0.05, 0.1) is 6.54 Å². The second-order valence-corrected chi connectivity index (χ2v) is 5.76. The van der Waals surface area contributed by atoms with Gasteiger partial charge < -0.3 is 9.88 Å². The van der Waals surface area contributed by atoms with E-state index in [1.807, 2.05) is 42.5 Å². The fraction of sp³-hybridized carbons (Fsp3) is 0.105. The topological polar surface area (TPSA) is 34.0 Å². The highest BCUT2D eigenvalue weighted by atomic mass is 19.1. The van der Waals surface area contributed by atoms with Crippen LogP contribution in [0.1, 0.15) is 11.1 Å². The van der Waals surface area contributed by atoms with E-state index in [0.29, 0.717) is 18.6 Å². The van der Waals surface area contributed by atoms with Crippen LogP contribution < -0.4 is 16.3 Å². The molecule has 24 heavy (non-hydrogen) atoms. The van der Waals surface area contributed by atoms with Gasteiger partial charge in [-0.1, -0.05) is 42.5 Å². The molecule has 0 saturated heterocycles. The standard InChI is InChI=1S/C19H18BFN2O/c20-18-17(22-12-14-5-2-1-3-6-14)9-10-23(19(18)24)13-15-7-4-8-16(21)11-15/h1-11,22H,12-13,20H2. The van der Waals surface area contributed by atoms with Crippen molar-refractivity contribution in [2.45, 2.75) is 13.1 Å². The van der Waals surface area contributed by atoms with Crippen LogP contribution in [0, 0.1) is 5.82 Å². The van der Waals surface area contributed by atoms with Gasteiger partial charge >= 0.3 is 0 Å². The summed E-state index contributed by atoms with van der Waals surface area (Å²) in [5.41, 5.74) is 3.32. The molecule has 1 heterocycles. The number of pyridine rings is 1. The molecular formula is C19H18BFN2O. The number of anilines is 1. The van der Waals surface area contributed by atoms with Crippen LogP contribution in [-0.2, 0) is 13.1 Å². The molecule has 0 atom stereocenters. The average Bonchev–Trinajstić information content (AvgIpc) is 2.59. The molecular weight excluding hydrogens is 302 g/mol. The van der Waals surface area contributed by atoms with Gasteiger partial charge in [-0.25, -0.2) is 4.39 Å². The van der Waals surface area contributed by atoms with Gasteiger partial charge in [-0.2, -0.15) is 0 Å². The summed E-state index contributed by atoms with van der Waals surface area (Å²) in [7, 11) is 1.80. The summed E-state index contributed by atoms with van der Waals surface area (Å²) in [4.78, 5) is 12.5. The minimum Gasteiger partial charge on any atom is -0.381 e. The number of aromatic nitrogens is 1. The molecule has 0 aliphatic carbocycles. The van der Waals surface area contributed by atoms with Crippen molar-refractivity contribution in [2.24, 2.45) is 0 Å². The molecule has 0 aliphatic heterocycles. The van der Waals surface area contributed by atoms with Crippen molar-refractivity contribution in [3.8, 4) is 0 Å². The second kappa shape index (κ2) is 7.17. The molecule has 3 rings (SSSR count). The van der Waals surface area contributed by atoms with Crippen molar-refractivity contribution in [1.29, 1.82) is 0 Å². The van der Waals surface area contributed by atoms with Gasteiger partial charge in [0, 0.05) is 18.4 Å². The van der Waals surface area contributed by atoms with Gasteiger partial charge in [0.2, 0.25) is 5.56 Å². The third-order valence-corrected chi connectivity index (χ3v) is 3.97. The zero-order valence-electron chi connectivity index (χ0n) is 13.5. The predicted molar refractivity (Wildman–Crippen MR) is 98.2 cm³/mol. The summed E-state index contributed by atoms with van der Waals surface area (Å²) in [5, 5.41) is 3.30. The quantitative estimate of drug-likeness (QED) is 0.729. The van der Waals surface area contributed by atoms with Crippen molar-refractivity contribution in [3.63, 3.8) is 0 Å². The van der Waals surface area contributed by atoms with Crippen LogP contribution in [0.25, 0.3) is 0 Å². The van der Waals surface area contributed by atoms with Crippen LogP contribution in [0.3, 0.4) is 0 Å². The van der Waals surface area contributed by atoms with E-state index in [1.165, 1.54) is 12.1 Å². The van der Waals surface area contributed by atoms with Gasteiger partial charge in [-0.05, 0) is 34.8 Å². The first-order chi connectivity index (χ1) is 11.6. The minimum absolute atomic E-state index is 0.0719. The van der Waals surface area contributed by atoms with E-state index in [4.69, 9.17) is 0 Å². The number of nitrogens with zero attached hydrogens (tertiary/aromatic N) is 1. The Hall–Kier alpha value is -2.82. The van der Waals surface area contributed by atoms with Crippen molar-refractivity contribution >= 4 is 19.0 Å². The Morgan fingerprint density at radius 2 is 1.75 bits per heavy atom. The van der Waals surface area contributed by atoms with Crippen LogP contribution in [0.15, 0.2) is 71.7 Å². The highest BCUT2D eigenvalue weighted by Gasteiger charge is 2.06. The van der Waals surface area contributed by atoms with Crippen molar-refractivity contribution in [2.75, 3.05) is 5.32 Å². The van der Waals surface area contributed by atoms with Gasteiger partial charge in [0.1, 0.15) is 13.7 Å².